The van der Waals surface area contributed by atoms with E-state index < -0.39 is 23.4 Å². The summed E-state index contributed by atoms with van der Waals surface area (Å²) in [5.41, 5.74) is 2.10. The lowest BCUT2D eigenvalue weighted by Gasteiger charge is -2.22. The van der Waals surface area contributed by atoms with Gasteiger partial charge in [-0.15, -0.1) is 0 Å². The number of aryl methyl sites for hydroxylation is 1. The topological polar surface area (TPSA) is 78.5 Å². The van der Waals surface area contributed by atoms with Crippen molar-refractivity contribution in [3.63, 3.8) is 0 Å². The first kappa shape index (κ1) is 21.0. The molecule has 2 N–H and O–H groups in total. The number of halogens is 1. The summed E-state index contributed by atoms with van der Waals surface area (Å²) in [5.74, 6) is -0.644. The zero-order valence-electron chi connectivity index (χ0n) is 16.9. The predicted octanol–water partition coefficient (Wildman–Crippen LogP) is 4.29. The van der Waals surface area contributed by atoms with Crippen LogP contribution in [0.2, 0.25) is 0 Å². The molecule has 4 amide bonds. The van der Waals surface area contributed by atoms with Gasteiger partial charge in [-0.3, -0.25) is 14.5 Å². The second kappa shape index (κ2) is 7.99. The van der Waals surface area contributed by atoms with E-state index in [4.69, 9.17) is 0 Å². The number of urea groups is 1. The van der Waals surface area contributed by atoms with Crippen molar-refractivity contribution in [1.29, 1.82) is 0 Å². The Labute approximate surface area is 178 Å². The molecule has 1 saturated heterocycles. The second-order valence-corrected chi connectivity index (χ2v) is 8.61. The molecule has 0 radical (unpaired) electrons. The van der Waals surface area contributed by atoms with Crippen molar-refractivity contribution >= 4 is 39.5 Å². The Balaban J connectivity index is 1.80. The van der Waals surface area contributed by atoms with Gasteiger partial charge in [0.1, 0.15) is 12.1 Å². The molecule has 0 unspecified atom stereocenters. The van der Waals surface area contributed by atoms with Crippen molar-refractivity contribution in [3.8, 4) is 0 Å². The predicted molar refractivity (Wildman–Crippen MR) is 116 cm³/mol. The first-order valence-corrected chi connectivity index (χ1v) is 10.2. The minimum absolute atomic E-state index is 0.224. The summed E-state index contributed by atoms with van der Waals surface area (Å²) >= 11 is 3.38. The molecule has 1 atom stereocenters. The molecule has 3 rings (SSSR count). The number of benzene rings is 2. The SMILES string of the molecule is Cc1cccc(C(C)C)c1NC(=O)CN1C(=O)N[C@@](C)(c2cccc(Br)c2)C1=O. The van der Waals surface area contributed by atoms with E-state index in [1.54, 1.807) is 25.1 Å². The quantitative estimate of drug-likeness (QED) is 0.657. The zero-order chi connectivity index (χ0) is 21.3. The van der Waals surface area contributed by atoms with Crippen LogP contribution in [0.3, 0.4) is 0 Å². The van der Waals surface area contributed by atoms with E-state index in [0.717, 1.165) is 26.2 Å². The van der Waals surface area contributed by atoms with Crippen molar-refractivity contribution in [1.82, 2.24) is 10.2 Å². The van der Waals surface area contributed by atoms with Gasteiger partial charge in [-0.05, 0) is 48.6 Å². The van der Waals surface area contributed by atoms with E-state index >= 15 is 0 Å². The van der Waals surface area contributed by atoms with Crippen LogP contribution in [-0.2, 0) is 15.1 Å². The van der Waals surface area contributed by atoms with Crippen LogP contribution in [0.1, 0.15) is 43.4 Å². The molecule has 1 heterocycles. The number of carbonyl (C=O) groups is 3. The highest BCUT2D eigenvalue weighted by Gasteiger charge is 2.49. The fraction of sp³-hybridized carbons (Fsp3) is 0.318. The van der Waals surface area contributed by atoms with Gasteiger partial charge in [0.15, 0.2) is 0 Å². The molecule has 152 valence electrons. The third-order valence-electron chi connectivity index (χ3n) is 5.17. The van der Waals surface area contributed by atoms with Crippen LogP contribution in [0.4, 0.5) is 10.5 Å². The molecule has 29 heavy (non-hydrogen) atoms. The number of carbonyl (C=O) groups excluding carboxylic acids is 3. The van der Waals surface area contributed by atoms with Crippen LogP contribution in [0.25, 0.3) is 0 Å². The van der Waals surface area contributed by atoms with E-state index in [1.807, 2.05) is 45.0 Å². The first-order chi connectivity index (χ1) is 13.6. The number of nitrogens with one attached hydrogen (secondary N) is 2. The molecule has 6 nitrogen and oxygen atoms in total. The molecule has 0 saturated carbocycles. The molecule has 0 aromatic heterocycles. The van der Waals surface area contributed by atoms with Crippen molar-refractivity contribution in [3.05, 3.63) is 63.6 Å². The van der Waals surface area contributed by atoms with Crippen LogP contribution in [-0.4, -0.2) is 29.3 Å². The standard InChI is InChI=1S/C22H24BrN3O3/c1-13(2)17-10-5-7-14(3)19(17)24-18(27)12-26-20(28)22(4,25-21(26)29)15-8-6-9-16(23)11-15/h5-11,13H,12H2,1-4H3,(H,24,27)(H,25,29)/t22-/m0/s1. The molecular formula is C22H24BrN3O3. The number of hydrogen-bond acceptors (Lipinski definition) is 3. The van der Waals surface area contributed by atoms with Gasteiger partial charge in [-0.1, -0.05) is 60.1 Å². The summed E-state index contributed by atoms with van der Waals surface area (Å²) in [6, 6.07) is 12.4. The Morgan fingerprint density at radius 1 is 1.21 bits per heavy atom. The van der Waals surface area contributed by atoms with E-state index in [9.17, 15) is 14.4 Å². The average Bonchev–Trinajstić information content (AvgIpc) is 2.87. The Morgan fingerprint density at radius 3 is 2.55 bits per heavy atom. The van der Waals surface area contributed by atoms with Gasteiger partial charge < -0.3 is 10.6 Å². The van der Waals surface area contributed by atoms with Crippen molar-refractivity contribution in [2.24, 2.45) is 0 Å². The molecule has 1 aliphatic heterocycles. The highest BCUT2D eigenvalue weighted by Crippen LogP contribution is 2.31. The van der Waals surface area contributed by atoms with Gasteiger partial charge in [0.25, 0.3) is 5.91 Å². The Kier molecular flexibility index (Phi) is 5.80. The number of nitrogens with zero attached hydrogens (tertiary/aromatic N) is 1. The van der Waals surface area contributed by atoms with Gasteiger partial charge in [0.2, 0.25) is 5.91 Å². The Hall–Kier alpha value is -2.67. The van der Waals surface area contributed by atoms with E-state index in [-0.39, 0.29) is 12.5 Å². The van der Waals surface area contributed by atoms with Gasteiger partial charge >= 0.3 is 6.03 Å². The van der Waals surface area contributed by atoms with E-state index in [0.29, 0.717) is 5.56 Å². The number of rotatable bonds is 5. The first-order valence-electron chi connectivity index (χ1n) is 9.43. The maximum Gasteiger partial charge on any atom is 0.325 e. The fourth-order valence-corrected chi connectivity index (χ4v) is 3.90. The lowest BCUT2D eigenvalue weighted by Crippen LogP contribution is -2.42. The highest BCUT2D eigenvalue weighted by atomic mass is 79.9. The minimum atomic E-state index is -1.22. The molecule has 0 aliphatic carbocycles. The third kappa shape index (κ3) is 4.05. The summed E-state index contributed by atoms with van der Waals surface area (Å²) in [6.07, 6.45) is 0. The van der Waals surface area contributed by atoms with Crippen molar-refractivity contribution in [2.45, 2.75) is 39.2 Å². The molecule has 2 aromatic rings. The molecule has 7 heteroatoms. The van der Waals surface area contributed by atoms with Crippen LogP contribution in [0.5, 0.6) is 0 Å². The number of amides is 4. The van der Waals surface area contributed by atoms with E-state index in [1.165, 1.54) is 0 Å². The normalized spacial score (nSPS) is 18.9. The second-order valence-electron chi connectivity index (χ2n) is 7.70. The maximum atomic E-state index is 13.0. The van der Waals surface area contributed by atoms with Crippen LogP contribution >= 0.6 is 15.9 Å². The third-order valence-corrected chi connectivity index (χ3v) is 5.66. The molecule has 2 aromatic carbocycles. The summed E-state index contributed by atoms with van der Waals surface area (Å²) in [6.45, 7) is 7.31. The molecule has 0 spiro atoms. The summed E-state index contributed by atoms with van der Waals surface area (Å²) in [5, 5.41) is 5.60. The van der Waals surface area contributed by atoms with Crippen molar-refractivity contribution in [2.75, 3.05) is 11.9 Å². The number of anilines is 1. The molecule has 0 bridgehead atoms. The average molecular weight is 458 g/mol. The van der Waals surface area contributed by atoms with E-state index in [2.05, 4.69) is 26.6 Å². The lowest BCUT2D eigenvalue weighted by atomic mass is 9.92. The fourth-order valence-electron chi connectivity index (χ4n) is 3.50. The summed E-state index contributed by atoms with van der Waals surface area (Å²) < 4.78 is 0.801. The zero-order valence-corrected chi connectivity index (χ0v) is 18.5. The van der Waals surface area contributed by atoms with Crippen LogP contribution in [0, 0.1) is 6.92 Å². The Bertz CT molecular complexity index is 989. The molecule has 1 fully saturated rings. The van der Waals surface area contributed by atoms with Crippen LogP contribution in [0.15, 0.2) is 46.9 Å². The number of para-hydroxylation sites is 1. The number of imide groups is 1. The Morgan fingerprint density at radius 2 is 1.90 bits per heavy atom. The molecule has 1 aliphatic rings. The van der Waals surface area contributed by atoms with Gasteiger partial charge in [-0.2, -0.15) is 0 Å². The van der Waals surface area contributed by atoms with Gasteiger partial charge in [0, 0.05) is 10.2 Å². The lowest BCUT2D eigenvalue weighted by molar-refractivity contribution is -0.133. The summed E-state index contributed by atoms with van der Waals surface area (Å²) in [7, 11) is 0. The highest BCUT2D eigenvalue weighted by molar-refractivity contribution is 9.10. The van der Waals surface area contributed by atoms with Gasteiger partial charge in [0.05, 0.1) is 0 Å². The van der Waals surface area contributed by atoms with Crippen molar-refractivity contribution < 1.29 is 14.4 Å². The maximum absolute atomic E-state index is 13.0. The molecular weight excluding hydrogens is 434 g/mol. The smallest absolute Gasteiger partial charge is 0.324 e. The van der Waals surface area contributed by atoms with Crippen LogP contribution < -0.4 is 10.6 Å². The summed E-state index contributed by atoms with van der Waals surface area (Å²) in [4.78, 5) is 39.2. The minimum Gasteiger partial charge on any atom is -0.324 e. The van der Waals surface area contributed by atoms with Gasteiger partial charge in [-0.25, -0.2) is 4.79 Å². The number of hydrogen-bond donors (Lipinski definition) is 2. The monoisotopic (exact) mass is 457 g/mol. The largest absolute Gasteiger partial charge is 0.325 e.